The Morgan fingerprint density at radius 3 is 2.57 bits per heavy atom. The first-order chi connectivity index (χ1) is 9.91. The smallest absolute Gasteiger partial charge is 0.225 e. The highest BCUT2D eigenvalue weighted by Gasteiger charge is 2.11. The molecule has 1 rings (SSSR count). The Labute approximate surface area is 128 Å². The Kier molecular flexibility index (Phi) is 7.40. The van der Waals surface area contributed by atoms with Crippen LogP contribution in [0.15, 0.2) is 18.2 Å². The van der Waals surface area contributed by atoms with Crippen LogP contribution in [0.5, 0.6) is 0 Å². The summed E-state index contributed by atoms with van der Waals surface area (Å²) in [6, 6.07) is 6.17. The number of rotatable bonds is 8. The lowest BCUT2D eigenvalue weighted by Gasteiger charge is -2.16. The first-order valence-electron chi connectivity index (χ1n) is 7.66. The van der Waals surface area contributed by atoms with E-state index in [4.69, 9.17) is 0 Å². The molecule has 0 bridgehead atoms. The van der Waals surface area contributed by atoms with Gasteiger partial charge in [0, 0.05) is 31.7 Å². The summed E-state index contributed by atoms with van der Waals surface area (Å²) in [4.78, 5) is 14.2. The van der Waals surface area contributed by atoms with E-state index in [0.717, 1.165) is 24.3 Å². The lowest BCUT2D eigenvalue weighted by Crippen LogP contribution is -2.29. The molecule has 0 aliphatic heterocycles. The van der Waals surface area contributed by atoms with Gasteiger partial charge in [-0.2, -0.15) is 0 Å². The maximum Gasteiger partial charge on any atom is 0.225 e. The van der Waals surface area contributed by atoms with Crippen LogP contribution in [0.4, 0.5) is 5.69 Å². The van der Waals surface area contributed by atoms with Crippen molar-refractivity contribution >= 4 is 11.6 Å². The van der Waals surface area contributed by atoms with Crippen LogP contribution in [0.25, 0.3) is 0 Å². The Balaban J connectivity index is 2.48. The van der Waals surface area contributed by atoms with Crippen molar-refractivity contribution in [3.8, 4) is 0 Å². The van der Waals surface area contributed by atoms with E-state index < -0.39 is 0 Å². The lowest BCUT2D eigenvalue weighted by molar-refractivity contribution is -0.116. The monoisotopic (exact) mass is 291 g/mol. The molecular weight excluding hydrogens is 262 g/mol. The average Bonchev–Trinajstić information content (AvgIpc) is 2.40. The average molecular weight is 291 g/mol. The minimum Gasteiger partial charge on any atom is -0.326 e. The van der Waals surface area contributed by atoms with Gasteiger partial charge in [0.25, 0.3) is 0 Å². The minimum absolute atomic E-state index is 0.0727. The molecule has 0 fully saturated rings. The lowest BCUT2D eigenvalue weighted by atomic mass is 9.98. The van der Waals surface area contributed by atoms with Crippen molar-refractivity contribution in [2.45, 2.75) is 33.1 Å². The molecule has 0 radical (unpaired) electrons. The minimum atomic E-state index is 0.0727. The molecule has 4 heteroatoms. The van der Waals surface area contributed by atoms with Gasteiger partial charge in [-0.1, -0.05) is 32.0 Å². The zero-order chi connectivity index (χ0) is 15.8. The van der Waals surface area contributed by atoms with Gasteiger partial charge in [0.15, 0.2) is 0 Å². The molecule has 0 aliphatic carbocycles. The Morgan fingerprint density at radius 2 is 1.95 bits per heavy atom. The molecule has 0 saturated heterocycles. The molecule has 0 spiro atoms. The number of likely N-dealkylation sites (N-methyl/N-ethyl adjacent to an activating group) is 1. The van der Waals surface area contributed by atoms with E-state index in [1.165, 1.54) is 5.56 Å². The highest BCUT2D eigenvalue weighted by atomic mass is 16.1. The molecule has 0 heterocycles. The maximum absolute atomic E-state index is 12.1. The van der Waals surface area contributed by atoms with Crippen molar-refractivity contribution < 1.29 is 4.79 Å². The highest BCUT2D eigenvalue weighted by molar-refractivity contribution is 5.92. The zero-order valence-electron chi connectivity index (χ0n) is 14.0. The number of carbonyl (C=O) groups excluding carboxylic acids is 1. The van der Waals surface area contributed by atoms with E-state index in [9.17, 15) is 4.79 Å². The van der Waals surface area contributed by atoms with Gasteiger partial charge in [-0.05, 0) is 38.1 Å². The molecule has 21 heavy (non-hydrogen) atoms. The SMILES string of the molecule is Cc1cccc(C(C)C)c1NC(=O)CCNCCN(C)C. The Hall–Kier alpha value is -1.39. The van der Waals surface area contributed by atoms with Gasteiger partial charge >= 0.3 is 0 Å². The standard InChI is InChI=1S/C17H29N3O/c1-13(2)15-8-6-7-14(3)17(15)19-16(21)9-10-18-11-12-20(4)5/h6-8,13,18H,9-12H2,1-5H3,(H,19,21). The number of aryl methyl sites for hydroxylation is 1. The molecule has 1 aromatic carbocycles. The maximum atomic E-state index is 12.1. The summed E-state index contributed by atoms with van der Waals surface area (Å²) in [7, 11) is 4.08. The van der Waals surface area contributed by atoms with Crippen molar-refractivity contribution in [2.75, 3.05) is 39.0 Å². The summed E-state index contributed by atoms with van der Waals surface area (Å²) < 4.78 is 0. The summed E-state index contributed by atoms with van der Waals surface area (Å²) in [5.41, 5.74) is 3.30. The van der Waals surface area contributed by atoms with Crippen molar-refractivity contribution in [3.05, 3.63) is 29.3 Å². The number of nitrogens with zero attached hydrogens (tertiary/aromatic N) is 1. The van der Waals surface area contributed by atoms with Crippen LogP contribution in [0.3, 0.4) is 0 Å². The van der Waals surface area contributed by atoms with Crippen molar-refractivity contribution in [1.29, 1.82) is 0 Å². The fourth-order valence-electron chi connectivity index (χ4n) is 2.17. The van der Waals surface area contributed by atoms with Gasteiger partial charge in [-0.3, -0.25) is 4.79 Å². The molecule has 0 saturated carbocycles. The molecule has 2 N–H and O–H groups in total. The van der Waals surface area contributed by atoms with Crippen LogP contribution >= 0.6 is 0 Å². The van der Waals surface area contributed by atoms with Crippen LogP contribution in [-0.2, 0) is 4.79 Å². The molecule has 1 aromatic rings. The van der Waals surface area contributed by atoms with Crippen LogP contribution in [0.1, 0.15) is 37.3 Å². The summed E-state index contributed by atoms with van der Waals surface area (Å²) in [5.74, 6) is 0.474. The number of benzene rings is 1. The summed E-state index contributed by atoms with van der Waals surface area (Å²) in [6.45, 7) is 8.93. The van der Waals surface area contributed by atoms with Gasteiger partial charge < -0.3 is 15.5 Å². The quantitative estimate of drug-likeness (QED) is 0.724. The topological polar surface area (TPSA) is 44.4 Å². The van der Waals surface area contributed by atoms with Crippen LogP contribution in [-0.4, -0.2) is 44.5 Å². The number of hydrogen-bond acceptors (Lipinski definition) is 3. The van der Waals surface area contributed by atoms with Crippen LogP contribution in [0.2, 0.25) is 0 Å². The molecule has 4 nitrogen and oxygen atoms in total. The fourth-order valence-corrected chi connectivity index (χ4v) is 2.17. The third-order valence-corrected chi connectivity index (χ3v) is 3.46. The molecule has 118 valence electrons. The molecule has 0 atom stereocenters. The normalized spacial score (nSPS) is 11.2. The second-order valence-electron chi connectivity index (χ2n) is 6.05. The van der Waals surface area contributed by atoms with Gasteiger partial charge in [-0.25, -0.2) is 0 Å². The van der Waals surface area contributed by atoms with Crippen molar-refractivity contribution in [2.24, 2.45) is 0 Å². The van der Waals surface area contributed by atoms with Crippen LogP contribution in [0, 0.1) is 6.92 Å². The number of carbonyl (C=O) groups is 1. The second-order valence-corrected chi connectivity index (χ2v) is 6.05. The molecule has 0 aliphatic rings. The van der Waals surface area contributed by atoms with E-state index in [1.54, 1.807) is 0 Å². The van der Waals surface area contributed by atoms with E-state index >= 15 is 0 Å². The Bertz CT molecular complexity index is 455. The Morgan fingerprint density at radius 1 is 1.24 bits per heavy atom. The van der Waals surface area contributed by atoms with Gasteiger partial charge in [0.05, 0.1) is 0 Å². The zero-order valence-corrected chi connectivity index (χ0v) is 14.0. The first-order valence-corrected chi connectivity index (χ1v) is 7.66. The fraction of sp³-hybridized carbons (Fsp3) is 0.588. The summed E-state index contributed by atoms with van der Waals surface area (Å²) in [5, 5.41) is 6.35. The predicted octanol–water partition coefficient (Wildman–Crippen LogP) is 2.60. The van der Waals surface area contributed by atoms with Gasteiger partial charge in [0.1, 0.15) is 0 Å². The number of nitrogens with one attached hydrogen (secondary N) is 2. The predicted molar refractivity (Wildman–Crippen MR) is 89.9 cm³/mol. The first kappa shape index (κ1) is 17.7. The number of hydrogen-bond donors (Lipinski definition) is 2. The molecular formula is C17H29N3O. The number of anilines is 1. The van der Waals surface area contributed by atoms with Gasteiger partial charge in [0.2, 0.25) is 5.91 Å². The van der Waals surface area contributed by atoms with Crippen molar-refractivity contribution in [3.63, 3.8) is 0 Å². The second kappa shape index (κ2) is 8.80. The van der Waals surface area contributed by atoms with Crippen molar-refractivity contribution in [1.82, 2.24) is 10.2 Å². The van der Waals surface area contributed by atoms with E-state index in [1.807, 2.05) is 33.2 Å². The van der Waals surface area contributed by atoms with Crippen LogP contribution < -0.4 is 10.6 Å². The summed E-state index contributed by atoms with van der Waals surface area (Å²) >= 11 is 0. The summed E-state index contributed by atoms with van der Waals surface area (Å²) in [6.07, 6.45) is 0.499. The molecule has 1 amide bonds. The molecule has 0 aromatic heterocycles. The third kappa shape index (κ3) is 6.27. The van der Waals surface area contributed by atoms with E-state index in [-0.39, 0.29) is 5.91 Å². The third-order valence-electron chi connectivity index (χ3n) is 3.46. The largest absolute Gasteiger partial charge is 0.326 e. The van der Waals surface area contributed by atoms with E-state index in [2.05, 4.69) is 35.4 Å². The number of para-hydroxylation sites is 1. The molecule has 0 unspecified atom stereocenters. The highest BCUT2D eigenvalue weighted by Crippen LogP contribution is 2.27. The van der Waals surface area contributed by atoms with Gasteiger partial charge in [-0.15, -0.1) is 0 Å². The van der Waals surface area contributed by atoms with E-state index in [0.29, 0.717) is 18.9 Å². The number of amides is 1.